The van der Waals surface area contributed by atoms with Crippen LogP contribution in [0.5, 0.6) is 0 Å². The number of sulfonamides is 1. The molecule has 5 nitrogen and oxygen atoms in total. The third kappa shape index (κ3) is 3.37. The van der Waals surface area contributed by atoms with Crippen molar-refractivity contribution in [2.75, 3.05) is 6.54 Å². The van der Waals surface area contributed by atoms with Gasteiger partial charge in [0.2, 0.25) is 10.0 Å². The topological polar surface area (TPSA) is 90.2 Å². The standard InChI is InChI=1S/C14H18N2O3S/c1-10-6-11(8-15)3-5-14(10)20(18,19)16-9-12-2-4-13(17)7-12/h3,5-6,12-13,16-17H,2,4,7,9H2,1H3. The molecule has 2 unspecified atom stereocenters. The first-order chi connectivity index (χ1) is 9.42. The molecule has 6 heteroatoms. The highest BCUT2D eigenvalue weighted by Gasteiger charge is 2.25. The van der Waals surface area contributed by atoms with Crippen LogP contribution in [0.25, 0.3) is 0 Å². The zero-order valence-electron chi connectivity index (χ0n) is 11.3. The Bertz CT molecular complexity index is 634. The number of aryl methyl sites for hydroxylation is 1. The van der Waals surface area contributed by atoms with Gasteiger partial charge in [0.05, 0.1) is 22.6 Å². The van der Waals surface area contributed by atoms with Gasteiger partial charge in [0.25, 0.3) is 0 Å². The summed E-state index contributed by atoms with van der Waals surface area (Å²) in [6.45, 7) is 2.02. The van der Waals surface area contributed by atoms with Gasteiger partial charge in [-0.15, -0.1) is 0 Å². The summed E-state index contributed by atoms with van der Waals surface area (Å²) in [5.74, 6) is 0.193. The van der Waals surface area contributed by atoms with Crippen LogP contribution in [0.4, 0.5) is 0 Å². The van der Waals surface area contributed by atoms with E-state index in [2.05, 4.69) is 4.72 Å². The molecule has 2 rings (SSSR count). The fraction of sp³-hybridized carbons (Fsp3) is 0.500. The minimum absolute atomic E-state index is 0.193. The van der Waals surface area contributed by atoms with E-state index in [1.165, 1.54) is 12.1 Å². The quantitative estimate of drug-likeness (QED) is 0.876. The van der Waals surface area contributed by atoms with Crippen LogP contribution < -0.4 is 4.72 Å². The zero-order chi connectivity index (χ0) is 14.8. The molecule has 0 aliphatic heterocycles. The van der Waals surface area contributed by atoms with Crippen LogP contribution in [0.3, 0.4) is 0 Å². The van der Waals surface area contributed by atoms with Gasteiger partial charge in [-0.25, -0.2) is 13.1 Å². The molecule has 0 heterocycles. The molecule has 1 fully saturated rings. The zero-order valence-corrected chi connectivity index (χ0v) is 12.2. The number of aliphatic hydroxyl groups excluding tert-OH is 1. The average Bonchev–Trinajstić information content (AvgIpc) is 2.82. The molecule has 0 radical (unpaired) electrons. The molecule has 108 valence electrons. The molecule has 1 saturated carbocycles. The average molecular weight is 294 g/mol. The highest BCUT2D eigenvalue weighted by Crippen LogP contribution is 2.25. The Morgan fingerprint density at radius 3 is 2.75 bits per heavy atom. The molecule has 0 spiro atoms. The summed E-state index contributed by atoms with van der Waals surface area (Å²) in [5, 5.41) is 18.2. The first-order valence-corrected chi connectivity index (χ1v) is 8.09. The summed E-state index contributed by atoms with van der Waals surface area (Å²) < 4.78 is 27.1. The third-order valence-corrected chi connectivity index (χ3v) is 5.25. The Morgan fingerprint density at radius 2 is 2.20 bits per heavy atom. The molecule has 20 heavy (non-hydrogen) atoms. The van der Waals surface area contributed by atoms with Crippen LogP contribution in [-0.4, -0.2) is 26.2 Å². The summed E-state index contributed by atoms with van der Waals surface area (Å²) in [4.78, 5) is 0.204. The van der Waals surface area contributed by atoms with E-state index in [1.807, 2.05) is 6.07 Å². The minimum atomic E-state index is -3.56. The molecule has 1 aliphatic carbocycles. The van der Waals surface area contributed by atoms with Crippen molar-refractivity contribution in [1.82, 2.24) is 4.72 Å². The highest BCUT2D eigenvalue weighted by molar-refractivity contribution is 7.89. The number of aliphatic hydroxyl groups is 1. The van der Waals surface area contributed by atoms with E-state index in [0.717, 1.165) is 12.8 Å². The normalized spacial score (nSPS) is 22.6. The second-order valence-electron chi connectivity index (χ2n) is 5.28. The maximum Gasteiger partial charge on any atom is 0.240 e. The number of nitrogens with one attached hydrogen (secondary N) is 1. The van der Waals surface area contributed by atoms with Gasteiger partial charge >= 0.3 is 0 Å². The minimum Gasteiger partial charge on any atom is -0.393 e. The van der Waals surface area contributed by atoms with Crippen molar-refractivity contribution in [1.29, 1.82) is 5.26 Å². The van der Waals surface area contributed by atoms with Crippen LogP contribution in [-0.2, 0) is 10.0 Å². The number of benzene rings is 1. The predicted octanol–water partition coefficient (Wildman–Crippen LogP) is 1.31. The van der Waals surface area contributed by atoms with Crippen molar-refractivity contribution in [3.8, 4) is 6.07 Å². The lowest BCUT2D eigenvalue weighted by molar-refractivity contribution is 0.178. The monoisotopic (exact) mass is 294 g/mol. The van der Waals surface area contributed by atoms with Gasteiger partial charge in [-0.2, -0.15) is 5.26 Å². The summed E-state index contributed by atoms with van der Waals surface area (Å²) in [6, 6.07) is 6.51. The maximum atomic E-state index is 12.2. The van der Waals surface area contributed by atoms with Crippen molar-refractivity contribution in [3.05, 3.63) is 29.3 Å². The molecule has 1 aromatic carbocycles. The van der Waals surface area contributed by atoms with Crippen LogP contribution >= 0.6 is 0 Å². The largest absolute Gasteiger partial charge is 0.393 e. The summed E-state index contributed by atoms with van der Waals surface area (Å²) in [7, 11) is -3.56. The Hall–Kier alpha value is -1.42. The molecular formula is C14H18N2O3S. The highest BCUT2D eigenvalue weighted by atomic mass is 32.2. The molecule has 0 amide bonds. The van der Waals surface area contributed by atoms with Crippen LogP contribution in [0, 0.1) is 24.2 Å². The van der Waals surface area contributed by atoms with Gasteiger partial charge in [0.15, 0.2) is 0 Å². The second kappa shape index (κ2) is 5.92. The fourth-order valence-electron chi connectivity index (χ4n) is 2.56. The van der Waals surface area contributed by atoms with Crippen molar-refractivity contribution in [2.24, 2.45) is 5.92 Å². The molecule has 1 aromatic rings. The predicted molar refractivity (Wildman–Crippen MR) is 74.4 cm³/mol. The smallest absolute Gasteiger partial charge is 0.240 e. The van der Waals surface area contributed by atoms with Crippen LogP contribution in [0.15, 0.2) is 23.1 Å². The van der Waals surface area contributed by atoms with E-state index in [1.54, 1.807) is 13.0 Å². The lowest BCUT2D eigenvalue weighted by atomic mass is 10.1. The second-order valence-corrected chi connectivity index (χ2v) is 7.01. The molecule has 0 aromatic heterocycles. The molecule has 0 saturated heterocycles. The van der Waals surface area contributed by atoms with Gasteiger partial charge in [-0.1, -0.05) is 0 Å². The number of hydrogen-bond donors (Lipinski definition) is 2. The third-order valence-electron chi connectivity index (χ3n) is 3.67. The summed E-state index contributed by atoms with van der Waals surface area (Å²) in [6.07, 6.45) is 1.92. The lowest BCUT2D eigenvalue weighted by Crippen LogP contribution is -2.29. The first kappa shape index (κ1) is 15.0. The summed E-state index contributed by atoms with van der Waals surface area (Å²) >= 11 is 0. The number of nitrogens with zero attached hydrogens (tertiary/aromatic N) is 1. The van der Waals surface area contributed by atoms with E-state index < -0.39 is 10.0 Å². The lowest BCUT2D eigenvalue weighted by Gasteiger charge is -2.13. The number of nitriles is 1. The Morgan fingerprint density at radius 1 is 1.45 bits per heavy atom. The molecule has 1 aliphatic rings. The van der Waals surface area contributed by atoms with Crippen LogP contribution in [0.1, 0.15) is 30.4 Å². The van der Waals surface area contributed by atoms with E-state index in [-0.39, 0.29) is 16.9 Å². The SMILES string of the molecule is Cc1cc(C#N)ccc1S(=O)(=O)NCC1CCC(O)C1. The van der Waals surface area contributed by atoms with Crippen molar-refractivity contribution >= 4 is 10.0 Å². The first-order valence-electron chi connectivity index (χ1n) is 6.61. The number of hydrogen-bond acceptors (Lipinski definition) is 4. The number of rotatable bonds is 4. The van der Waals surface area contributed by atoms with Gasteiger partial charge < -0.3 is 5.11 Å². The molecule has 2 atom stereocenters. The van der Waals surface area contributed by atoms with E-state index in [0.29, 0.717) is 24.1 Å². The van der Waals surface area contributed by atoms with Crippen LogP contribution in [0.2, 0.25) is 0 Å². The van der Waals surface area contributed by atoms with Crippen molar-refractivity contribution in [2.45, 2.75) is 37.2 Å². The summed E-state index contributed by atoms with van der Waals surface area (Å²) in [5.41, 5.74) is 1.00. The van der Waals surface area contributed by atoms with Crippen molar-refractivity contribution in [3.63, 3.8) is 0 Å². The maximum absolute atomic E-state index is 12.2. The van der Waals surface area contributed by atoms with E-state index in [4.69, 9.17) is 5.26 Å². The van der Waals surface area contributed by atoms with E-state index in [9.17, 15) is 13.5 Å². The van der Waals surface area contributed by atoms with E-state index >= 15 is 0 Å². The van der Waals surface area contributed by atoms with Gasteiger partial charge in [0.1, 0.15) is 0 Å². The Kier molecular flexibility index (Phi) is 4.43. The molecule has 2 N–H and O–H groups in total. The Balaban J connectivity index is 2.09. The fourth-order valence-corrected chi connectivity index (χ4v) is 3.90. The van der Waals surface area contributed by atoms with Gasteiger partial charge in [0, 0.05) is 6.54 Å². The van der Waals surface area contributed by atoms with Gasteiger partial charge in [-0.3, -0.25) is 0 Å². The molecule has 0 bridgehead atoms. The Labute approximate surface area is 119 Å². The van der Waals surface area contributed by atoms with Gasteiger partial charge in [-0.05, 0) is 55.9 Å². The van der Waals surface area contributed by atoms with Crippen molar-refractivity contribution < 1.29 is 13.5 Å². The molecular weight excluding hydrogens is 276 g/mol.